The van der Waals surface area contributed by atoms with Crippen molar-refractivity contribution in [1.82, 2.24) is 5.32 Å². The molecule has 4 aromatic carbocycles. The molecule has 0 unspecified atom stereocenters. The molecule has 0 fully saturated rings. The molecule has 5 rings (SSSR count). The predicted molar refractivity (Wildman–Crippen MR) is 172 cm³/mol. The van der Waals surface area contributed by atoms with Gasteiger partial charge in [-0.3, -0.25) is 14.3 Å². The van der Waals surface area contributed by atoms with E-state index >= 15 is 0 Å². The highest BCUT2D eigenvalue weighted by Gasteiger charge is 2.30. The Balaban J connectivity index is 1.52. The van der Waals surface area contributed by atoms with Gasteiger partial charge in [0.25, 0.3) is 15.9 Å². The molecule has 0 aliphatic carbocycles. The minimum Gasteiger partial charge on any atom is -0.354 e. The number of hydrogen-bond acceptors (Lipinski definition) is 6. The lowest BCUT2D eigenvalue weighted by atomic mass is 10.00. The van der Waals surface area contributed by atoms with Crippen molar-refractivity contribution < 1.29 is 18.0 Å². The fourth-order valence-corrected chi connectivity index (χ4v) is 6.00. The molecule has 0 saturated carbocycles. The summed E-state index contributed by atoms with van der Waals surface area (Å²) in [7, 11) is -2.05. The van der Waals surface area contributed by atoms with E-state index in [2.05, 4.69) is 20.7 Å². The predicted octanol–water partition coefficient (Wildman–Crippen LogP) is 5.38. The molecule has 9 nitrogen and oxygen atoms in total. The molecule has 1 aliphatic heterocycles. The van der Waals surface area contributed by atoms with Crippen molar-refractivity contribution >= 4 is 55.9 Å². The maximum Gasteiger partial charge on any atom is 0.261 e. The molecule has 1 aliphatic rings. The highest BCUT2D eigenvalue weighted by atomic mass is 32.2. The van der Waals surface area contributed by atoms with Crippen molar-refractivity contribution in [3.8, 4) is 0 Å². The van der Waals surface area contributed by atoms with Crippen LogP contribution in [0, 0.1) is 0 Å². The first-order valence-corrected chi connectivity index (χ1v) is 15.4. The van der Waals surface area contributed by atoms with Gasteiger partial charge in [0.1, 0.15) is 0 Å². The molecule has 0 saturated heterocycles. The maximum absolute atomic E-state index is 13.4. The van der Waals surface area contributed by atoms with Crippen LogP contribution in [-0.4, -0.2) is 40.4 Å². The number of sulfonamides is 1. The van der Waals surface area contributed by atoms with Gasteiger partial charge in [0, 0.05) is 41.8 Å². The van der Waals surface area contributed by atoms with Crippen LogP contribution >= 0.6 is 0 Å². The molecule has 4 N–H and O–H groups in total. The SMILES string of the molecule is CNCCCN(C(C)=O)c1ccc(NC(=C2C(=O)Nc3ccc(S(=O)(=O)Nc4ccccc4)cc32)c2ccccc2)cc1. The van der Waals surface area contributed by atoms with Crippen LogP contribution in [0.4, 0.5) is 22.7 Å². The zero-order chi connectivity index (χ0) is 30.4. The number of fused-ring (bicyclic) bond motifs is 1. The molecular weight excluding hydrogens is 562 g/mol. The summed E-state index contributed by atoms with van der Waals surface area (Å²) in [5, 5.41) is 9.36. The smallest absolute Gasteiger partial charge is 0.261 e. The van der Waals surface area contributed by atoms with E-state index in [4.69, 9.17) is 0 Å². The topological polar surface area (TPSA) is 120 Å². The summed E-state index contributed by atoms with van der Waals surface area (Å²) in [6, 6.07) is 30.0. The van der Waals surface area contributed by atoms with Gasteiger partial charge < -0.3 is 20.9 Å². The van der Waals surface area contributed by atoms with E-state index in [9.17, 15) is 18.0 Å². The normalized spacial score (nSPS) is 13.6. The third-order valence-corrected chi connectivity index (χ3v) is 8.40. The Labute approximate surface area is 251 Å². The van der Waals surface area contributed by atoms with Crippen molar-refractivity contribution in [3.05, 3.63) is 114 Å². The van der Waals surface area contributed by atoms with Crippen LogP contribution < -0.4 is 25.6 Å². The van der Waals surface area contributed by atoms with E-state index < -0.39 is 10.0 Å². The summed E-state index contributed by atoms with van der Waals surface area (Å²) in [6.07, 6.45) is 0.813. The molecule has 1 heterocycles. The number of amides is 2. The third kappa shape index (κ3) is 6.77. The quantitative estimate of drug-likeness (QED) is 0.137. The van der Waals surface area contributed by atoms with Gasteiger partial charge in [-0.05, 0) is 80.2 Å². The lowest BCUT2D eigenvalue weighted by Crippen LogP contribution is -2.31. The van der Waals surface area contributed by atoms with Crippen LogP contribution in [0.1, 0.15) is 24.5 Å². The van der Waals surface area contributed by atoms with Crippen molar-refractivity contribution in [1.29, 1.82) is 0 Å². The van der Waals surface area contributed by atoms with Gasteiger partial charge in [-0.1, -0.05) is 48.5 Å². The van der Waals surface area contributed by atoms with Crippen molar-refractivity contribution in [2.45, 2.75) is 18.2 Å². The summed E-state index contributed by atoms with van der Waals surface area (Å²) in [4.78, 5) is 27.5. The van der Waals surface area contributed by atoms with Crippen LogP contribution in [0.5, 0.6) is 0 Å². The number of nitrogens with zero attached hydrogens (tertiary/aromatic N) is 1. The Morgan fingerprint density at radius 2 is 1.53 bits per heavy atom. The molecule has 2 amide bonds. The van der Waals surface area contributed by atoms with Gasteiger partial charge in [-0.25, -0.2) is 8.42 Å². The largest absolute Gasteiger partial charge is 0.354 e. The number of hydrogen-bond donors (Lipinski definition) is 4. The maximum atomic E-state index is 13.4. The highest BCUT2D eigenvalue weighted by molar-refractivity contribution is 7.92. The Morgan fingerprint density at radius 3 is 2.19 bits per heavy atom. The van der Waals surface area contributed by atoms with Crippen LogP contribution in [0.2, 0.25) is 0 Å². The Hall–Kier alpha value is -4.93. The van der Waals surface area contributed by atoms with E-state index in [0.29, 0.717) is 40.4 Å². The second-order valence-electron chi connectivity index (χ2n) is 10.0. The monoisotopic (exact) mass is 595 g/mol. The first-order chi connectivity index (χ1) is 20.8. The molecule has 0 spiro atoms. The first-order valence-electron chi connectivity index (χ1n) is 13.9. The van der Waals surface area contributed by atoms with E-state index in [1.165, 1.54) is 12.1 Å². The Kier molecular flexibility index (Phi) is 8.89. The molecule has 4 aromatic rings. The number of carbonyl (C=O) groups excluding carboxylic acids is 2. The zero-order valence-corrected chi connectivity index (χ0v) is 24.7. The fourth-order valence-electron chi connectivity index (χ4n) is 4.92. The van der Waals surface area contributed by atoms with Gasteiger partial charge in [-0.2, -0.15) is 0 Å². The summed E-state index contributed by atoms with van der Waals surface area (Å²) >= 11 is 0. The van der Waals surface area contributed by atoms with E-state index in [-0.39, 0.29) is 16.7 Å². The Bertz CT molecular complexity index is 1760. The van der Waals surface area contributed by atoms with E-state index in [1.807, 2.05) is 61.6 Å². The van der Waals surface area contributed by atoms with Gasteiger partial charge in [0.15, 0.2) is 0 Å². The summed E-state index contributed by atoms with van der Waals surface area (Å²) in [6.45, 7) is 2.93. The molecule has 220 valence electrons. The molecule has 0 atom stereocenters. The van der Waals surface area contributed by atoms with Crippen molar-refractivity contribution in [3.63, 3.8) is 0 Å². The first kappa shape index (κ1) is 29.6. The summed E-state index contributed by atoms with van der Waals surface area (Å²) < 4.78 is 29.1. The second-order valence-corrected chi connectivity index (χ2v) is 11.7. The summed E-state index contributed by atoms with van der Waals surface area (Å²) in [5.41, 5.74) is 4.48. The van der Waals surface area contributed by atoms with Gasteiger partial charge in [0.2, 0.25) is 5.91 Å². The molecule has 10 heteroatoms. The number of para-hydroxylation sites is 1. The number of nitrogens with one attached hydrogen (secondary N) is 4. The van der Waals surface area contributed by atoms with Crippen LogP contribution in [0.3, 0.4) is 0 Å². The van der Waals surface area contributed by atoms with Crippen LogP contribution in [0.25, 0.3) is 11.3 Å². The van der Waals surface area contributed by atoms with Crippen molar-refractivity contribution in [2.75, 3.05) is 40.4 Å². The number of rotatable bonds is 11. The molecule has 0 radical (unpaired) electrons. The second kappa shape index (κ2) is 12.9. The zero-order valence-electron chi connectivity index (χ0n) is 23.9. The molecule has 0 aromatic heterocycles. The summed E-state index contributed by atoms with van der Waals surface area (Å²) in [5.74, 6) is -0.397. The molecule has 43 heavy (non-hydrogen) atoms. The van der Waals surface area contributed by atoms with Crippen LogP contribution in [0.15, 0.2) is 108 Å². The average molecular weight is 596 g/mol. The minimum absolute atomic E-state index is 0.0310. The minimum atomic E-state index is -3.92. The highest BCUT2D eigenvalue weighted by Crippen LogP contribution is 2.39. The van der Waals surface area contributed by atoms with Crippen LogP contribution in [-0.2, 0) is 19.6 Å². The average Bonchev–Trinajstić information content (AvgIpc) is 3.34. The number of carbonyl (C=O) groups is 2. The van der Waals surface area contributed by atoms with E-state index in [1.54, 1.807) is 48.2 Å². The third-order valence-electron chi connectivity index (χ3n) is 7.02. The molecular formula is C33H33N5O4S. The van der Waals surface area contributed by atoms with Gasteiger partial charge in [-0.15, -0.1) is 0 Å². The van der Waals surface area contributed by atoms with Gasteiger partial charge >= 0.3 is 0 Å². The lowest BCUT2D eigenvalue weighted by molar-refractivity contribution is -0.116. The standard InChI is InChI=1S/C33H33N5O4S/c1-23(39)38(21-9-20-34-2)27-16-14-25(15-17-27)35-32(24-10-5-3-6-11-24)31-29-22-28(18-19-30(29)36-33(31)40)43(41,42)37-26-12-7-4-8-13-26/h3-8,10-19,22,34-35,37H,9,20-21H2,1-2H3,(H,36,40). The van der Waals surface area contributed by atoms with E-state index in [0.717, 1.165) is 24.2 Å². The van der Waals surface area contributed by atoms with Crippen molar-refractivity contribution in [2.24, 2.45) is 0 Å². The lowest BCUT2D eigenvalue weighted by Gasteiger charge is -2.22. The van der Waals surface area contributed by atoms with Gasteiger partial charge in [0.05, 0.1) is 16.2 Å². The molecule has 0 bridgehead atoms. The number of anilines is 4. The fraction of sp³-hybridized carbons (Fsp3) is 0.152. The Morgan fingerprint density at radius 1 is 0.860 bits per heavy atom. The number of benzene rings is 4.